The van der Waals surface area contributed by atoms with E-state index in [-0.39, 0.29) is 24.4 Å². The van der Waals surface area contributed by atoms with Crippen molar-refractivity contribution in [1.82, 2.24) is 10.2 Å². The summed E-state index contributed by atoms with van der Waals surface area (Å²) in [6, 6.07) is 13.9. The molecular weight excluding hydrogens is 382 g/mol. The highest BCUT2D eigenvalue weighted by Gasteiger charge is 2.47. The number of ether oxygens (including phenoxy) is 1. The van der Waals surface area contributed by atoms with E-state index in [1.165, 1.54) is 11.8 Å². The fraction of sp³-hybridized carbons (Fsp3) is 0.348. The van der Waals surface area contributed by atoms with Gasteiger partial charge < -0.3 is 15.4 Å². The minimum absolute atomic E-state index is 0.0826. The van der Waals surface area contributed by atoms with Crippen molar-refractivity contribution in [2.45, 2.75) is 52.4 Å². The lowest BCUT2D eigenvalue weighted by atomic mass is 9.99. The number of carbonyl (C=O) groups is 3. The van der Waals surface area contributed by atoms with Gasteiger partial charge in [-0.2, -0.15) is 0 Å². The topological polar surface area (TPSA) is 87.7 Å². The third-order valence-electron chi connectivity index (χ3n) is 4.79. The number of rotatable bonds is 6. The Labute approximate surface area is 176 Å². The molecule has 0 aliphatic carbocycles. The van der Waals surface area contributed by atoms with Crippen LogP contribution in [0, 0.1) is 6.92 Å². The first-order chi connectivity index (χ1) is 14.2. The van der Waals surface area contributed by atoms with Gasteiger partial charge in [0.2, 0.25) is 11.8 Å². The van der Waals surface area contributed by atoms with Crippen LogP contribution in [0.25, 0.3) is 0 Å². The second-order valence-electron chi connectivity index (χ2n) is 7.83. The van der Waals surface area contributed by atoms with Gasteiger partial charge in [-0.3, -0.25) is 14.5 Å². The monoisotopic (exact) mass is 409 g/mol. The van der Waals surface area contributed by atoms with E-state index >= 15 is 0 Å². The first kappa shape index (κ1) is 21.4. The molecule has 1 fully saturated rings. The Kier molecular flexibility index (Phi) is 6.40. The van der Waals surface area contributed by atoms with Gasteiger partial charge in [0.15, 0.2) is 12.1 Å². The fourth-order valence-electron chi connectivity index (χ4n) is 3.47. The molecule has 0 spiro atoms. The first-order valence-electron chi connectivity index (χ1n) is 9.95. The van der Waals surface area contributed by atoms with E-state index in [0.29, 0.717) is 11.3 Å². The van der Waals surface area contributed by atoms with Crippen molar-refractivity contribution in [3.05, 3.63) is 65.2 Å². The molecule has 30 heavy (non-hydrogen) atoms. The molecule has 1 aliphatic heterocycles. The molecule has 2 atom stereocenters. The maximum absolute atomic E-state index is 13.0. The van der Waals surface area contributed by atoms with Crippen molar-refractivity contribution >= 4 is 23.6 Å². The number of anilines is 1. The molecular formula is C23H27N3O4. The van der Waals surface area contributed by atoms with Crippen molar-refractivity contribution in [3.8, 4) is 0 Å². The Bertz CT molecular complexity index is 940. The molecule has 0 saturated carbocycles. The molecule has 0 aromatic heterocycles. The summed E-state index contributed by atoms with van der Waals surface area (Å²) in [4.78, 5) is 38.7. The van der Waals surface area contributed by atoms with E-state index in [4.69, 9.17) is 4.74 Å². The summed E-state index contributed by atoms with van der Waals surface area (Å²) in [7, 11) is 0. The zero-order valence-corrected chi connectivity index (χ0v) is 17.6. The van der Waals surface area contributed by atoms with Crippen LogP contribution < -0.4 is 10.6 Å². The van der Waals surface area contributed by atoms with Crippen molar-refractivity contribution in [2.24, 2.45) is 0 Å². The molecule has 2 aromatic carbocycles. The lowest BCUT2D eigenvalue weighted by Gasteiger charge is -2.25. The molecule has 7 heteroatoms. The molecule has 158 valence electrons. The zero-order chi connectivity index (χ0) is 21.8. The number of carbonyl (C=O) groups excluding carboxylic acids is 3. The van der Waals surface area contributed by atoms with Gasteiger partial charge in [-0.05, 0) is 44.0 Å². The third kappa shape index (κ3) is 4.97. The first-order valence-corrected chi connectivity index (χ1v) is 9.95. The Balaban J connectivity index is 1.93. The van der Waals surface area contributed by atoms with Crippen molar-refractivity contribution in [1.29, 1.82) is 0 Å². The summed E-state index contributed by atoms with van der Waals surface area (Å²) in [5.74, 6) is -0.483. The predicted octanol–water partition coefficient (Wildman–Crippen LogP) is 3.54. The second kappa shape index (κ2) is 8.98. The van der Waals surface area contributed by atoms with Crippen LogP contribution in [0.15, 0.2) is 48.5 Å². The van der Waals surface area contributed by atoms with Gasteiger partial charge in [-0.15, -0.1) is 0 Å². The molecule has 0 radical (unpaired) electrons. The number of aryl methyl sites for hydroxylation is 1. The molecule has 1 saturated heterocycles. The van der Waals surface area contributed by atoms with E-state index < -0.39 is 18.2 Å². The normalized spacial score (nSPS) is 18.3. The Morgan fingerprint density at radius 2 is 1.83 bits per heavy atom. The minimum atomic E-state index is -0.825. The number of nitrogens with one attached hydrogen (secondary N) is 2. The maximum Gasteiger partial charge on any atom is 0.411 e. The Morgan fingerprint density at radius 1 is 1.13 bits per heavy atom. The van der Waals surface area contributed by atoms with Crippen LogP contribution in [0.5, 0.6) is 0 Å². The van der Waals surface area contributed by atoms with Gasteiger partial charge >= 0.3 is 6.09 Å². The van der Waals surface area contributed by atoms with Crippen molar-refractivity contribution in [2.75, 3.05) is 5.32 Å². The van der Waals surface area contributed by atoms with Gasteiger partial charge in [0.05, 0.1) is 6.54 Å². The average molecular weight is 409 g/mol. The molecule has 2 unspecified atom stereocenters. The van der Waals surface area contributed by atoms with E-state index in [9.17, 15) is 14.4 Å². The van der Waals surface area contributed by atoms with Gasteiger partial charge in [0, 0.05) is 18.7 Å². The van der Waals surface area contributed by atoms with Gasteiger partial charge in [-0.1, -0.05) is 42.0 Å². The van der Waals surface area contributed by atoms with E-state index in [0.717, 1.165) is 11.1 Å². The van der Waals surface area contributed by atoms with Gasteiger partial charge in [0.1, 0.15) is 0 Å². The quantitative estimate of drug-likeness (QED) is 0.764. The van der Waals surface area contributed by atoms with Crippen LogP contribution in [0.1, 0.15) is 43.6 Å². The van der Waals surface area contributed by atoms with E-state index in [1.54, 1.807) is 24.3 Å². The summed E-state index contributed by atoms with van der Waals surface area (Å²) in [5, 5.41) is 5.61. The van der Waals surface area contributed by atoms with Crippen LogP contribution in [0.4, 0.5) is 10.5 Å². The lowest BCUT2D eigenvalue weighted by Crippen LogP contribution is -2.48. The molecule has 2 aromatic rings. The summed E-state index contributed by atoms with van der Waals surface area (Å²) in [5.41, 5.74) is 3.25. The van der Waals surface area contributed by atoms with Crippen LogP contribution in [-0.4, -0.2) is 34.9 Å². The third-order valence-corrected chi connectivity index (χ3v) is 4.79. The maximum atomic E-state index is 13.0. The lowest BCUT2D eigenvalue weighted by molar-refractivity contribution is -0.126. The van der Waals surface area contributed by atoms with E-state index in [2.05, 4.69) is 10.6 Å². The molecule has 1 aliphatic rings. The summed E-state index contributed by atoms with van der Waals surface area (Å²) in [6.07, 6.45) is -1.33. The number of hydrogen-bond donors (Lipinski definition) is 2. The van der Waals surface area contributed by atoms with E-state index in [1.807, 2.05) is 45.0 Å². The van der Waals surface area contributed by atoms with Gasteiger partial charge in [0.25, 0.3) is 0 Å². The Morgan fingerprint density at radius 3 is 2.47 bits per heavy atom. The fourth-order valence-corrected chi connectivity index (χ4v) is 3.47. The molecule has 7 nitrogen and oxygen atoms in total. The highest BCUT2D eigenvalue weighted by molar-refractivity contribution is 5.90. The molecule has 0 bridgehead atoms. The largest absolute Gasteiger partial charge is 0.438 e. The minimum Gasteiger partial charge on any atom is -0.438 e. The van der Waals surface area contributed by atoms with Crippen LogP contribution in [-0.2, 0) is 20.9 Å². The van der Waals surface area contributed by atoms with Crippen LogP contribution >= 0.6 is 0 Å². The number of cyclic esters (lactones) is 1. The SMILES string of the molecule is CC(=O)Nc1cccc(C2OC(=O)N(Cc3ccc(C)cc3)C2C(=O)NC(C)C)c1. The number of benzene rings is 2. The number of amides is 3. The highest BCUT2D eigenvalue weighted by Crippen LogP contribution is 2.35. The van der Waals surface area contributed by atoms with Crippen molar-refractivity contribution in [3.63, 3.8) is 0 Å². The van der Waals surface area contributed by atoms with Gasteiger partial charge in [-0.25, -0.2) is 4.79 Å². The predicted molar refractivity (Wildman–Crippen MR) is 114 cm³/mol. The average Bonchev–Trinajstić information content (AvgIpc) is 2.99. The number of nitrogens with zero attached hydrogens (tertiary/aromatic N) is 1. The summed E-state index contributed by atoms with van der Waals surface area (Å²) in [6.45, 7) is 7.41. The molecule has 3 amide bonds. The summed E-state index contributed by atoms with van der Waals surface area (Å²) >= 11 is 0. The molecule has 1 heterocycles. The molecule has 2 N–H and O–H groups in total. The smallest absolute Gasteiger partial charge is 0.411 e. The molecule has 3 rings (SSSR count). The summed E-state index contributed by atoms with van der Waals surface area (Å²) < 4.78 is 5.64. The highest BCUT2D eigenvalue weighted by atomic mass is 16.6. The van der Waals surface area contributed by atoms with Crippen LogP contribution in [0.3, 0.4) is 0 Å². The Hall–Kier alpha value is -3.35. The zero-order valence-electron chi connectivity index (χ0n) is 17.6. The van der Waals surface area contributed by atoms with Crippen LogP contribution in [0.2, 0.25) is 0 Å². The number of hydrogen-bond acceptors (Lipinski definition) is 4. The second-order valence-corrected chi connectivity index (χ2v) is 7.83. The standard InChI is InChI=1S/C23H27N3O4/c1-14(2)24-22(28)20-21(18-6-5-7-19(12-18)25-16(4)27)30-23(29)26(20)13-17-10-8-15(3)9-11-17/h5-12,14,20-21H,13H2,1-4H3,(H,24,28)(H,25,27). The van der Waals surface area contributed by atoms with Crippen molar-refractivity contribution < 1.29 is 19.1 Å².